The number of hydrogen-bond donors (Lipinski definition) is 1. The predicted octanol–water partition coefficient (Wildman–Crippen LogP) is 5.10. The maximum absolute atomic E-state index is 13.3. The highest BCUT2D eigenvalue weighted by molar-refractivity contribution is 7.99. The monoisotopic (exact) mass is 435 g/mol. The Balaban J connectivity index is 1.67. The second kappa shape index (κ2) is 8.45. The van der Waals surface area contributed by atoms with E-state index in [1.165, 1.54) is 23.1 Å². The van der Waals surface area contributed by atoms with Crippen LogP contribution in [0.25, 0.3) is 15.9 Å². The van der Waals surface area contributed by atoms with E-state index in [1.54, 1.807) is 4.57 Å². The van der Waals surface area contributed by atoms with E-state index in [0.717, 1.165) is 28.1 Å². The minimum atomic E-state index is -0.143. The van der Waals surface area contributed by atoms with E-state index in [-0.39, 0.29) is 17.2 Å². The number of nitrogens with zero attached hydrogens (tertiary/aromatic N) is 2. The van der Waals surface area contributed by atoms with Crippen LogP contribution in [-0.4, -0.2) is 21.2 Å². The molecule has 2 aromatic carbocycles. The molecule has 0 bridgehead atoms. The topological polar surface area (TPSA) is 64.0 Å². The van der Waals surface area contributed by atoms with Crippen molar-refractivity contribution in [3.63, 3.8) is 0 Å². The summed E-state index contributed by atoms with van der Waals surface area (Å²) in [6.45, 7) is 5.96. The van der Waals surface area contributed by atoms with Gasteiger partial charge in [-0.1, -0.05) is 41.6 Å². The zero-order valence-corrected chi connectivity index (χ0v) is 18.6. The van der Waals surface area contributed by atoms with Gasteiger partial charge in [-0.3, -0.25) is 14.2 Å². The summed E-state index contributed by atoms with van der Waals surface area (Å²) in [5.74, 6) is 0.0110. The molecule has 0 radical (unpaired) electrons. The molecular weight excluding hydrogens is 414 g/mol. The van der Waals surface area contributed by atoms with Crippen LogP contribution in [0.15, 0.2) is 63.9 Å². The van der Waals surface area contributed by atoms with Gasteiger partial charge >= 0.3 is 0 Å². The number of fused-ring (bicyclic) bond motifs is 1. The van der Waals surface area contributed by atoms with Gasteiger partial charge in [0.2, 0.25) is 5.91 Å². The minimum absolute atomic E-state index is 0.106. The van der Waals surface area contributed by atoms with Crippen molar-refractivity contribution in [1.29, 1.82) is 0 Å². The number of carbonyl (C=O) groups excluding carboxylic acids is 1. The fourth-order valence-electron chi connectivity index (χ4n) is 3.13. The lowest BCUT2D eigenvalue weighted by Crippen LogP contribution is -2.23. The lowest BCUT2D eigenvalue weighted by molar-refractivity contribution is -0.113. The molecule has 1 amide bonds. The molecule has 2 heterocycles. The highest BCUT2D eigenvalue weighted by Gasteiger charge is 2.17. The first-order valence-electron chi connectivity index (χ1n) is 9.49. The number of amides is 1. The summed E-state index contributed by atoms with van der Waals surface area (Å²) < 4.78 is 2.25. The summed E-state index contributed by atoms with van der Waals surface area (Å²) >= 11 is 2.65. The fourth-order valence-corrected chi connectivity index (χ4v) is 4.69. The molecule has 0 aliphatic heterocycles. The Morgan fingerprint density at radius 2 is 1.80 bits per heavy atom. The summed E-state index contributed by atoms with van der Waals surface area (Å²) in [5.41, 5.74) is 5.27. The van der Waals surface area contributed by atoms with Gasteiger partial charge in [0.05, 0.1) is 17.0 Å². The predicted molar refractivity (Wildman–Crippen MR) is 125 cm³/mol. The molecular formula is C23H21N3O2S2. The summed E-state index contributed by atoms with van der Waals surface area (Å²) in [6, 6.07) is 15.5. The second-order valence-electron chi connectivity index (χ2n) is 7.16. The van der Waals surface area contributed by atoms with E-state index in [4.69, 9.17) is 4.98 Å². The molecule has 30 heavy (non-hydrogen) atoms. The number of nitrogens with one attached hydrogen (secondary N) is 1. The van der Waals surface area contributed by atoms with Gasteiger partial charge < -0.3 is 5.32 Å². The highest BCUT2D eigenvalue weighted by Crippen LogP contribution is 2.25. The number of carbonyl (C=O) groups is 1. The number of rotatable bonds is 5. The molecule has 4 rings (SSSR count). The zero-order chi connectivity index (χ0) is 21.3. The van der Waals surface area contributed by atoms with Gasteiger partial charge in [-0.2, -0.15) is 0 Å². The molecule has 7 heteroatoms. The molecule has 0 aliphatic rings. The van der Waals surface area contributed by atoms with Crippen molar-refractivity contribution in [3.8, 4) is 5.69 Å². The Morgan fingerprint density at radius 1 is 1.07 bits per heavy atom. The number of thiophene rings is 1. The van der Waals surface area contributed by atoms with Crippen molar-refractivity contribution >= 4 is 44.9 Å². The molecule has 152 valence electrons. The summed E-state index contributed by atoms with van der Waals surface area (Å²) in [6.07, 6.45) is 0. The molecule has 0 saturated carbocycles. The van der Waals surface area contributed by atoms with Crippen LogP contribution in [0.3, 0.4) is 0 Å². The first-order chi connectivity index (χ1) is 14.4. The van der Waals surface area contributed by atoms with Crippen LogP contribution in [0.4, 0.5) is 5.69 Å². The lowest BCUT2D eigenvalue weighted by Gasteiger charge is -2.15. The minimum Gasteiger partial charge on any atom is -0.325 e. The van der Waals surface area contributed by atoms with Crippen LogP contribution in [0.2, 0.25) is 0 Å². The molecule has 1 N–H and O–H groups in total. The summed E-state index contributed by atoms with van der Waals surface area (Å²) in [5, 5.41) is 5.27. The number of hydrogen-bond acceptors (Lipinski definition) is 5. The SMILES string of the molecule is Cc1ccc(NC(=O)CSc2nc3ccsc3c(=O)n2-c2cc(C)ccc2C)cc1. The molecule has 0 spiro atoms. The fraction of sp³-hybridized carbons (Fsp3) is 0.174. The highest BCUT2D eigenvalue weighted by atomic mass is 32.2. The third-order valence-corrected chi connectivity index (χ3v) is 6.55. The first-order valence-corrected chi connectivity index (χ1v) is 11.4. The normalized spacial score (nSPS) is 11.0. The third kappa shape index (κ3) is 4.17. The van der Waals surface area contributed by atoms with Crippen molar-refractivity contribution in [1.82, 2.24) is 9.55 Å². The molecule has 0 unspecified atom stereocenters. The van der Waals surface area contributed by atoms with E-state index < -0.39 is 0 Å². The second-order valence-corrected chi connectivity index (χ2v) is 9.02. The maximum Gasteiger partial charge on any atom is 0.276 e. The van der Waals surface area contributed by atoms with Crippen LogP contribution in [0.1, 0.15) is 16.7 Å². The van der Waals surface area contributed by atoms with Crippen LogP contribution in [0, 0.1) is 20.8 Å². The molecule has 0 saturated heterocycles. The smallest absolute Gasteiger partial charge is 0.276 e. The number of thioether (sulfide) groups is 1. The standard InChI is InChI=1S/C23H21N3O2S2/c1-14-5-8-17(9-6-14)24-20(27)13-30-23-25-18-10-11-29-21(18)22(28)26(23)19-12-15(2)4-7-16(19)3/h4-12H,13H2,1-3H3,(H,24,27). The molecule has 0 aliphatic carbocycles. The molecule has 0 fully saturated rings. The van der Waals surface area contributed by atoms with Gasteiger partial charge in [0.1, 0.15) is 4.70 Å². The van der Waals surface area contributed by atoms with E-state index in [9.17, 15) is 9.59 Å². The lowest BCUT2D eigenvalue weighted by atomic mass is 10.1. The van der Waals surface area contributed by atoms with Gasteiger partial charge in [0.15, 0.2) is 5.16 Å². The Kier molecular flexibility index (Phi) is 5.74. The number of aryl methyl sites for hydroxylation is 3. The van der Waals surface area contributed by atoms with Gasteiger partial charge in [-0.05, 0) is 61.5 Å². The molecule has 5 nitrogen and oxygen atoms in total. The average molecular weight is 436 g/mol. The molecule has 2 aromatic heterocycles. The van der Waals surface area contributed by atoms with Crippen LogP contribution in [-0.2, 0) is 4.79 Å². The van der Waals surface area contributed by atoms with Crippen LogP contribution >= 0.6 is 23.1 Å². The Labute approximate surface area is 182 Å². The Bertz CT molecular complexity index is 1290. The van der Waals surface area contributed by atoms with E-state index in [1.807, 2.05) is 74.7 Å². The van der Waals surface area contributed by atoms with Crippen molar-refractivity contribution < 1.29 is 4.79 Å². The maximum atomic E-state index is 13.3. The van der Waals surface area contributed by atoms with Gasteiger partial charge in [0.25, 0.3) is 5.56 Å². The number of aromatic nitrogens is 2. The van der Waals surface area contributed by atoms with Crippen LogP contribution in [0.5, 0.6) is 0 Å². The van der Waals surface area contributed by atoms with Crippen molar-refractivity contribution in [2.75, 3.05) is 11.1 Å². The Hall–Kier alpha value is -2.90. The summed E-state index contributed by atoms with van der Waals surface area (Å²) in [7, 11) is 0. The quantitative estimate of drug-likeness (QED) is 0.350. The average Bonchev–Trinajstić information content (AvgIpc) is 3.19. The van der Waals surface area contributed by atoms with Gasteiger partial charge in [-0.15, -0.1) is 11.3 Å². The van der Waals surface area contributed by atoms with E-state index in [2.05, 4.69) is 5.32 Å². The number of anilines is 1. The van der Waals surface area contributed by atoms with Crippen LogP contribution < -0.4 is 10.9 Å². The summed E-state index contributed by atoms with van der Waals surface area (Å²) in [4.78, 5) is 30.4. The van der Waals surface area contributed by atoms with E-state index in [0.29, 0.717) is 15.4 Å². The van der Waals surface area contributed by atoms with Crippen molar-refractivity contribution in [2.24, 2.45) is 0 Å². The Morgan fingerprint density at radius 3 is 2.57 bits per heavy atom. The zero-order valence-electron chi connectivity index (χ0n) is 16.9. The van der Waals surface area contributed by atoms with Gasteiger partial charge in [-0.25, -0.2) is 4.98 Å². The largest absolute Gasteiger partial charge is 0.325 e. The van der Waals surface area contributed by atoms with Gasteiger partial charge in [0, 0.05) is 5.69 Å². The van der Waals surface area contributed by atoms with Crippen molar-refractivity contribution in [2.45, 2.75) is 25.9 Å². The van der Waals surface area contributed by atoms with E-state index >= 15 is 0 Å². The molecule has 4 aromatic rings. The van der Waals surface area contributed by atoms with Crippen molar-refractivity contribution in [3.05, 3.63) is 81.0 Å². The third-order valence-electron chi connectivity index (χ3n) is 4.72. The first kappa shape index (κ1) is 20.4. The molecule has 0 atom stereocenters. The number of benzene rings is 2.